The number of hydrogen-bond donors (Lipinski definition) is 0. The number of hydrogen-bond acceptors (Lipinski definition) is 4. The van der Waals surface area contributed by atoms with Crippen LogP contribution in [0.4, 0.5) is 5.95 Å². The maximum absolute atomic E-state index is 12.9. The second kappa shape index (κ2) is 8.54. The summed E-state index contributed by atoms with van der Waals surface area (Å²) in [4.78, 5) is 26.6. The Labute approximate surface area is 184 Å². The van der Waals surface area contributed by atoms with Gasteiger partial charge in [-0.25, -0.2) is 9.97 Å². The summed E-state index contributed by atoms with van der Waals surface area (Å²) < 4.78 is 0. The molecule has 1 aromatic carbocycles. The summed E-state index contributed by atoms with van der Waals surface area (Å²) in [5, 5.41) is 0.682. The van der Waals surface area contributed by atoms with E-state index in [4.69, 9.17) is 21.6 Å². The third kappa shape index (κ3) is 4.31. The van der Waals surface area contributed by atoms with Crippen LogP contribution in [-0.2, 0) is 0 Å². The van der Waals surface area contributed by atoms with Gasteiger partial charge in [-0.2, -0.15) is 0 Å². The van der Waals surface area contributed by atoms with Crippen LogP contribution in [0.3, 0.4) is 0 Å². The highest BCUT2D eigenvalue weighted by molar-refractivity contribution is 6.30. The number of halogens is 1. The van der Waals surface area contributed by atoms with Gasteiger partial charge in [-0.3, -0.25) is 4.79 Å². The molecule has 1 amide bonds. The summed E-state index contributed by atoms with van der Waals surface area (Å²) in [5.74, 6) is 2.18. The number of rotatable bonds is 8. The number of nitrogens with zero attached hydrogens (tertiary/aromatic N) is 4. The molecule has 2 aromatic rings. The molecule has 1 heterocycles. The highest BCUT2D eigenvalue weighted by Crippen LogP contribution is 2.48. The molecular weight excluding hydrogens is 396 g/mol. The van der Waals surface area contributed by atoms with Crippen LogP contribution in [0.5, 0.6) is 0 Å². The third-order valence-electron chi connectivity index (χ3n) is 6.15. The van der Waals surface area contributed by atoms with E-state index in [9.17, 15) is 4.79 Å². The van der Waals surface area contributed by atoms with E-state index in [1.807, 2.05) is 25.1 Å². The van der Waals surface area contributed by atoms with Crippen LogP contribution in [-0.4, -0.2) is 47.5 Å². The lowest BCUT2D eigenvalue weighted by Gasteiger charge is -2.32. The number of carbonyl (C=O) groups excluding carboxylic acids is 1. The van der Waals surface area contributed by atoms with Gasteiger partial charge >= 0.3 is 0 Å². The Morgan fingerprint density at radius 3 is 2.40 bits per heavy atom. The Morgan fingerprint density at radius 1 is 1.20 bits per heavy atom. The Hall–Kier alpha value is -2.14. The first-order valence-electron chi connectivity index (χ1n) is 11.0. The van der Waals surface area contributed by atoms with Gasteiger partial charge in [0.05, 0.1) is 11.3 Å². The molecule has 2 aliphatic carbocycles. The topological polar surface area (TPSA) is 49.3 Å². The first-order valence-corrected chi connectivity index (χ1v) is 11.4. The normalized spacial score (nSPS) is 16.1. The molecule has 0 spiro atoms. The minimum absolute atomic E-state index is 0.0890. The molecule has 0 atom stereocenters. The second-order valence-corrected chi connectivity index (χ2v) is 9.39. The Balaban J connectivity index is 1.81. The third-order valence-corrected chi connectivity index (χ3v) is 6.38. The van der Waals surface area contributed by atoms with Gasteiger partial charge in [-0.15, -0.1) is 0 Å². The molecule has 2 saturated carbocycles. The van der Waals surface area contributed by atoms with E-state index in [-0.39, 0.29) is 5.91 Å². The van der Waals surface area contributed by atoms with E-state index in [1.54, 1.807) is 25.2 Å². The minimum Gasteiger partial charge on any atom is -0.345 e. The van der Waals surface area contributed by atoms with Gasteiger partial charge in [-0.1, -0.05) is 24.6 Å². The van der Waals surface area contributed by atoms with Crippen molar-refractivity contribution in [3.8, 4) is 11.3 Å². The van der Waals surface area contributed by atoms with Crippen molar-refractivity contribution in [3.63, 3.8) is 0 Å². The average molecular weight is 427 g/mol. The largest absolute Gasteiger partial charge is 0.345 e. The van der Waals surface area contributed by atoms with Crippen LogP contribution in [0, 0.1) is 18.8 Å². The molecule has 0 unspecified atom stereocenters. The fourth-order valence-electron chi connectivity index (χ4n) is 4.40. The molecule has 0 saturated heterocycles. The number of aromatic nitrogens is 2. The summed E-state index contributed by atoms with van der Waals surface area (Å²) in [6.45, 7) is 5.16. The number of amides is 1. The monoisotopic (exact) mass is 426 g/mol. The smallest absolute Gasteiger partial charge is 0.257 e. The molecule has 5 nitrogen and oxygen atoms in total. The van der Waals surface area contributed by atoms with E-state index in [1.165, 1.54) is 25.7 Å². The van der Waals surface area contributed by atoms with Gasteiger partial charge in [0, 0.05) is 43.5 Å². The summed E-state index contributed by atoms with van der Waals surface area (Å²) in [6, 6.07) is 6.26. The molecular formula is C24H31ClN4O. The molecule has 0 N–H and O–H groups in total. The molecule has 2 fully saturated rings. The summed E-state index contributed by atoms with van der Waals surface area (Å²) >= 11 is 6.19. The SMILES string of the molecule is CCCN(c1ncc(C(=O)N(C)C)c(-c2ccc(Cl)cc2C)n1)C(C1CC1)C1CC1. The van der Waals surface area contributed by atoms with Gasteiger partial charge < -0.3 is 9.80 Å². The van der Waals surface area contributed by atoms with Crippen LogP contribution in [0.25, 0.3) is 11.3 Å². The summed E-state index contributed by atoms with van der Waals surface area (Å²) in [7, 11) is 3.52. The first kappa shape index (κ1) is 21.1. The predicted molar refractivity (Wildman–Crippen MR) is 122 cm³/mol. The average Bonchev–Trinajstić information content (AvgIpc) is 3.61. The zero-order valence-electron chi connectivity index (χ0n) is 18.4. The van der Waals surface area contributed by atoms with Crippen LogP contribution < -0.4 is 4.90 Å². The van der Waals surface area contributed by atoms with Crippen molar-refractivity contribution in [1.29, 1.82) is 0 Å². The zero-order valence-corrected chi connectivity index (χ0v) is 19.1. The summed E-state index contributed by atoms with van der Waals surface area (Å²) in [6.07, 6.45) is 7.99. The minimum atomic E-state index is -0.0890. The van der Waals surface area contributed by atoms with E-state index < -0.39 is 0 Å². The van der Waals surface area contributed by atoms with Gasteiger partial charge in [-0.05, 0) is 68.6 Å². The Kier molecular flexibility index (Phi) is 6.01. The Bertz CT molecular complexity index is 925. The highest BCUT2D eigenvalue weighted by Gasteiger charge is 2.45. The molecule has 0 aliphatic heterocycles. The van der Waals surface area contributed by atoms with Crippen LogP contribution >= 0.6 is 11.6 Å². The van der Waals surface area contributed by atoms with Crippen LogP contribution in [0.2, 0.25) is 5.02 Å². The van der Waals surface area contributed by atoms with Crippen molar-refractivity contribution in [2.24, 2.45) is 11.8 Å². The predicted octanol–water partition coefficient (Wildman–Crippen LogP) is 5.21. The maximum Gasteiger partial charge on any atom is 0.257 e. The number of carbonyl (C=O) groups is 1. The Morgan fingerprint density at radius 2 is 1.87 bits per heavy atom. The second-order valence-electron chi connectivity index (χ2n) is 8.95. The molecule has 0 bridgehead atoms. The first-order chi connectivity index (χ1) is 14.4. The molecule has 4 rings (SSSR count). The number of aryl methyl sites for hydroxylation is 1. The fraction of sp³-hybridized carbons (Fsp3) is 0.542. The van der Waals surface area contributed by atoms with Gasteiger partial charge in [0.15, 0.2) is 0 Å². The molecule has 2 aliphatic rings. The van der Waals surface area contributed by atoms with Crippen molar-refractivity contribution in [3.05, 3.63) is 40.5 Å². The van der Waals surface area contributed by atoms with Crippen molar-refractivity contribution in [1.82, 2.24) is 14.9 Å². The highest BCUT2D eigenvalue weighted by atomic mass is 35.5. The van der Waals surface area contributed by atoms with Crippen LogP contribution in [0.1, 0.15) is 54.9 Å². The lowest BCUT2D eigenvalue weighted by Crippen LogP contribution is -2.40. The van der Waals surface area contributed by atoms with Crippen LogP contribution in [0.15, 0.2) is 24.4 Å². The van der Waals surface area contributed by atoms with Gasteiger partial charge in [0.25, 0.3) is 5.91 Å². The van der Waals surface area contributed by atoms with Crippen molar-refractivity contribution < 1.29 is 4.79 Å². The molecule has 1 aromatic heterocycles. The summed E-state index contributed by atoms with van der Waals surface area (Å²) in [5.41, 5.74) is 3.15. The van der Waals surface area contributed by atoms with E-state index in [0.29, 0.717) is 22.3 Å². The van der Waals surface area contributed by atoms with Crippen molar-refractivity contribution >= 4 is 23.5 Å². The fourth-order valence-corrected chi connectivity index (χ4v) is 4.63. The van der Waals surface area contributed by atoms with Crippen molar-refractivity contribution in [2.45, 2.75) is 52.0 Å². The number of benzene rings is 1. The quantitative estimate of drug-likeness (QED) is 0.581. The molecule has 160 valence electrons. The zero-order chi connectivity index (χ0) is 21.4. The van der Waals surface area contributed by atoms with Gasteiger partial charge in [0.2, 0.25) is 5.95 Å². The standard InChI is InChI=1S/C24H31ClN4O/c1-5-12-29(22(16-6-7-16)17-8-9-17)24-26-14-20(23(30)28(3)4)21(27-24)19-11-10-18(25)13-15(19)2/h10-11,13-14,16-17,22H,5-9,12H2,1-4H3. The van der Waals surface area contributed by atoms with Crippen molar-refractivity contribution in [2.75, 3.05) is 25.5 Å². The lowest BCUT2D eigenvalue weighted by atomic mass is 10.0. The molecule has 0 radical (unpaired) electrons. The molecule has 30 heavy (non-hydrogen) atoms. The maximum atomic E-state index is 12.9. The number of anilines is 1. The van der Waals surface area contributed by atoms with E-state index >= 15 is 0 Å². The van der Waals surface area contributed by atoms with E-state index in [0.717, 1.165) is 41.9 Å². The lowest BCUT2D eigenvalue weighted by molar-refractivity contribution is 0.0827. The van der Waals surface area contributed by atoms with E-state index in [2.05, 4.69) is 11.8 Å². The molecule has 6 heteroatoms. The van der Waals surface area contributed by atoms with Gasteiger partial charge in [0.1, 0.15) is 0 Å².